The Morgan fingerprint density at radius 3 is 2.37 bits per heavy atom. The zero-order valence-electron chi connectivity index (χ0n) is 15.2. The van der Waals surface area contributed by atoms with Crippen LogP contribution in [0.25, 0.3) is 0 Å². The summed E-state index contributed by atoms with van der Waals surface area (Å²) >= 11 is 0. The zero-order chi connectivity index (χ0) is 19.1. The number of rotatable bonds is 5. The first-order chi connectivity index (χ1) is 13.2. The van der Waals surface area contributed by atoms with Crippen molar-refractivity contribution in [2.45, 2.75) is 19.4 Å². The summed E-state index contributed by atoms with van der Waals surface area (Å²) in [6.07, 6.45) is 2.05. The molecule has 6 nitrogen and oxygen atoms in total. The number of carbonyl (C=O) groups excluding carboxylic acids is 1. The van der Waals surface area contributed by atoms with Gasteiger partial charge < -0.3 is 20.6 Å². The number of urea groups is 1. The Balaban J connectivity index is 1.47. The average Bonchev–Trinajstić information content (AvgIpc) is 2.73. The molecule has 0 aromatic heterocycles. The van der Waals surface area contributed by atoms with E-state index >= 15 is 0 Å². The molecule has 2 aromatic carbocycles. The summed E-state index contributed by atoms with van der Waals surface area (Å²) in [6.45, 7) is 2.66. The summed E-state index contributed by atoms with van der Waals surface area (Å²) in [5.41, 5.74) is 3.41. The average molecular weight is 364 g/mol. The number of nitrogens with one attached hydrogen (secondary N) is 2. The summed E-state index contributed by atoms with van der Waals surface area (Å²) in [6, 6.07) is 16.7. The van der Waals surface area contributed by atoms with E-state index in [4.69, 9.17) is 5.26 Å². The molecule has 1 saturated heterocycles. The molecule has 0 aliphatic carbocycles. The van der Waals surface area contributed by atoms with Gasteiger partial charge in [0.1, 0.15) is 0 Å². The van der Waals surface area contributed by atoms with Crippen molar-refractivity contribution in [3.8, 4) is 6.07 Å². The highest BCUT2D eigenvalue weighted by Crippen LogP contribution is 2.23. The Kier molecular flexibility index (Phi) is 6.29. The van der Waals surface area contributed by atoms with Crippen LogP contribution in [-0.4, -0.2) is 30.8 Å². The topological polar surface area (TPSA) is 88.4 Å². The molecule has 0 atom stereocenters. The quantitative estimate of drug-likeness (QED) is 0.761. The minimum absolute atomic E-state index is 0.281. The Morgan fingerprint density at radius 2 is 1.78 bits per heavy atom. The molecule has 3 rings (SSSR count). The van der Waals surface area contributed by atoms with Crippen molar-refractivity contribution >= 4 is 17.4 Å². The first kappa shape index (κ1) is 18.7. The second-order valence-electron chi connectivity index (χ2n) is 6.78. The van der Waals surface area contributed by atoms with E-state index in [9.17, 15) is 9.90 Å². The van der Waals surface area contributed by atoms with E-state index in [0.29, 0.717) is 23.7 Å². The highest BCUT2D eigenvalue weighted by molar-refractivity contribution is 5.89. The number of nitriles is 1. The Labute approximate surface area is 159 Å². The van der Waals surface area contributed by atoms with E-state index < -0.39 is 0 Å². The van der Waals surface area contributed by atoms with Crippen LogP contribution in [0.4, 0.5) is 16.2 Å². The minimum Gasteiger partial charge on any atom is -0.396 e. The van der Waals surface area contributed by atoms with Gasteiger partial charge in [-0.3, -0.25) is 0 Å². The van der Waals surface area contributed by atoms with Crippen LogP contribution in [0.15, 0.2) is 48.5 Å². The van der Waals surface area contributed by atoms with Crippen LogP contribution < -0.4 is 15.5 Å². The smallest absolute Gasteiger partial charge is 0.319 e. The molecule has 140 valence electrons. The van der Waals surface area contributed by atoms with Gasteiger partial charge in [0.2, 0.25) is 0 Å². The molecule has 6 heteroatoms. The summed E-state index contributed by atoms with van der Waals surface area (Å²) < 4.78 is 0. The van der Waals surface area contributed by atoms with Gasteiger partial charge in [-0.2, -0.15) is 5.26 Å². The predicted octanol–water partition coefficient (Wildman–Crippen LogP) is 3.09. The normalized spacial score (nSPS) is 14.4. The number of nitrogens with zero attached hydrogens (tertiary/aromatic N) is 2. The monoisotopic (exact) mass is 364 g/mol. The maximum Gasteiger partial charge on any atom is 0.319 e. The van der Waals surface area contributed by atoms with Crippen molar-refractivity contribution in [1.82, 2.24) is 5.32 Å². The number of piperidine rings is 1. The molecule has 0 saturated carbocycles. The zero-order valence-corrected chi connectivity index (χ0v) is 15.2. The van der Waals surface area contributed by atoms with Crippen LogP contribution >= 0.6 is 0 Å². The maximum absolute atomic E-state index is 12.0. The molecule has 27 heavy (non-hydrogen) atoms. The number of hydrogen-bond acceptors (Lipinski definition) is 4. The summed E-state index contributed by atoms with van der Waals surface area (Å²) in [5, 5.41) is 23.6. The van der Waals surface area contributed by atoms with E-state index in [0.717, 1.165) is 31.5 Å². The number of aliphatic hydroxyl groups is 1. The van der Waals surface area contributed by atoms with E-state index in [1.165, 1.54) is 5.69 Å². The second kappa shape index (κ2) is 9.06. The fraction of sp³-hybridized carbons (Fsp3) is 0.333. The summed E-state index contributed by atoms with van der Waals surface area (Å²) in [4.78, 5) is 14.3. The van der Waals surface area contributed by atoms with E-state index in [-0.39, 0.29) is 12.6 Å². The van der Waals surface area contributed by atoms with Crippen LogP contribution in [0, 0.1) is 17.2 Å². The third kappa shape index (κ3) is 5.22. The van der Waals surface area contributed by atoms with Gasteiger partial charge in [-0.15, -0.1) is 0 Å². The van der Waals surface area contributed by atoms with Crippen molar-refractivity contribution in [2.24, 2.45) is 5.92 Å². The fourth-order valence-corrected chi connectivity index (χ4v) is 3.18. The standard InChI is InChI=1S/C21H24N4O2/c22-13-16-1-5-19(6-2-16)24-21(27)23-14-17-3-7-20(8-4-17)25-11-9-18(15-26)10-12-25/h1-8,18,26H,9-12,14-15H2,(H2,23,24,27). The molecular weight excluding hydrogens is 340 g/mol. The molecule has 0 radical (unpaired) electrons. The van der Waals surface area contributed by atoms with Gasteiger partial charge in [0.05, 0.1) is 11.6 Å². The van der Waals surface area contributed by atoms with Gasteiger partial charge in [-0.25, -0.2) is 4.79 Å². The van der Waals surface area contributed by atoms with Crippen LogP contribution in [0.1, 0.15) is 24.0 Å². The lowest BCUT2D eigenvalue weighted by Crippen LogP contribution is -2.34. The first-order valence-electron chi connectivity index (χ1n) is 9.17. The van der Waals surface area contributed by atoms with E-state index in [1.54, 1.807) is 24.3 Å². The molecule has 1 aliphatic heterocycles. The van der Waals surface area contributed by atoms with Crippen LogP contribution in [0.3, 0.4) is 0 Å². The largest absolute Gasteiger partial charge is 0.396 e. The molecule has 3 N–H and O–H groups in total. The minimum atomic E-state index is -0.283. The van der Waals surface area contributed by atoms with Crippen molar-refractivity contribution in [2.75, 3.05) is 29.9 Å². The van der Waals surface area contributed by atoms with E-state index in [1.807, 2.05) is 18.2 Å². The number of amides is 2. The molecule has 1 aliphatic rings. The number of benzene rings is 2. The Bertz CT molecular complexity index is 788. The lowest BCUT2D eigenvalue weighted by atomic mass is 9.97. The lowest BCUT2D eigenvalue weighted by molar-refractivity contribution is 0.203. The fourth-order valence-electron chi connectivity index (χ4n) is 3.18. The van der Waals surface area contributed by atoms with Crippen molar-refractivity contribution in [1.29, 1.82) is 5.26 Å². The highest BCUT2D eigenvalue weighted by atomic mass is 16.3. The number of anilines is 2. The summed E-state index contributed by atoms with van der Waals surface area (Å²) in [7, 11) is 0. The number of carbonyl (C=O) groups is 1. The van der Waals surface area contributed by atoms with Crippen LogP contribution in [0.5, 0.6) is 0 Å². The molecule has 1 fully saturated rings. The van der Waals surface area contributed by atoms with Gasteiger partial charge in [0.15, 0.2) is 0 Å². The van der Waals surface area contributed by atoms with Crippen molar-refractivity contribution < 1.29 is 9.90 Å². The van der Waals surface area contributed by atoms with Gasteiger partial charge in [0.25, 0.3) is 0 Å². The summed E-state index contributed by atoms with van der Waals surface area (Å²) in [5.74, 6) is 0.430. The maximum atomic E-state index is 12.0. The third-order valence-corrected chi connectivity index (χ3v) is 4.90. The molecule has 2 aromatic rings. The molecule has 0 spiro atoms. The third-order valence-electron chi connectivity index (χ3n) is 4.90. The SMILES string of the molecule is N#Cc1ccc(NC(=O)NCc2ccc(N3CCC(CO)CC3)cc2)cc1. The number of aliphatic hydroxyl groups excluding tert-OH is 1. The van der Waals surface area contributed by atoms with Gasteiger partial charge in [0, 0.05) is 37.6 Å². The molecular formula is C21H24N4O2. The van der Waals surface area contributed by atoms with Gasteiger partial charge in [-0.1, -0.05) is 12.1 Å². The second-order valence-corrected chi connectivity index (χ2v) is 6.78. The molecule has 2 amide bonds. The predicted molar refractivity (Wildman–Crippen MR) is 105 cm³/mol. The van der Waals surface area contributed by atoms with Gasteiger partial charge in [-0.05, 0) is 60.7 Å². The Hall–Kier alpha value is -3.04. The highest BCUT2D eigenvalue weighted by Gasteiger charge is 2.18. The molecule has 0 bridgehead atoms. The lowest BCUT2D eigenvalue weighted by Gasteiger charge is -2.33. The van der Waals surface area contributed by atoms with Crippen LogP contribution in [0.2, 0.25) is 0 Å². The molecule has 1 heterocycles. The molecule has 0 unspecified atom stereocenters. The van der Waals surface area contributed by atoms with Gasteiger partial charge >= 0.3 is 6.03 Å². The van der Waals surface area contributed by atoms with E-state index in [2.05, 4.69) is 27.7 Å². The first-order valence-corrected chi connectivity index (χ1v) is 9.17. The Morgan fingerprint density at radius 1 is 1.11 bits per heavy atom. The van der Waals surface area contributed by atoms with Crippen molar-refractivity contribution in [3.63, 3.8) is 0 Å². The number of hydrogen-bond donors (Lipinski definition) is 3. The van der Waals surface area contributed by atoms with Crippen LogP contribution in [-0.2, 0) is 6.54 Å². The van der Waals surface area contributed by atoms with Crippen molar-refractivity contribution in [3.05, 3.63) is 59.7 Å².